The summed E-state index contributed by atoms with van der Waals surface area (Å²) in [4.78, 5) is 0.156. The standard InChI is InChI=1S/C9H12F3N5S/c1-3-5(2)13-4-6-16-17-7(9(10,11)12)14-15-8(17)18-6/h5,13H,3-4H2,1-2H3. The van der Waals surface area contributed by atoms with E-state index in [-0.39, 0.29) is 4.96 Å². The molecule has 2 rings (SSSR count). The minimum atomic E-state index is -4.53. The van der Waals surface area contributed by atoms with E-state index in [9.17, 15) is 13.2 Å². The Balaban J connectivity index is 2.21. The maximum absolute atomic E-state index is 12.6. The number of fused-ring (bicyclic) bond motifs is 1. The highest BCUT2D eigenvalue weighted by Gasteiger charge is 2.38. The van der Waals surface area contributed by atoms with E-state index >= 15 is 0 Å². The first-order valence-corrected chi connectivity index (χ1v) is 6.25. The molecule has 0 aliphatic heterocycles. The molecule has 2 aromatic heterocycles. The Bertz CT molecular complexity index is 532. The van der Waals surface area contributed by atoms with E-state index in [1.165, 1.54) is 0 Å². The van der Waals surface area contributed by atoms with E-state index in [0.717, 1.165) is 22.3 Å². The van der Waals surface area contributed by atoms with Crippen LogP contribution in [0, 0.1) is 0 Å². The summed E-state index contributed by atoms with van der Waals surface area (Å²) in [7, 11) is 0. The Morgan fingerprint density at radius 2 is 2.11 bits per heavy atom. The highest BCUT2D eigenvalue weighted by atomic mass is 32.1. The summed E-state index contributed by atoms with van der Waals surface area (Å²) in [5.41, 5.74) is 0. The molecule has 0 aromatic carbocycles. The number of hydrogen-bond donors (Lipinski definition) is 1. The fourth-order valence-corrected chi connectivity index (χ4v) is 2.09. The SMILES string of the molecule is CCC(C)NCc1nn2c(C(F)(F)F)nnc2s1. The van der Waals surface area contributed by atoms with Crippen molar-refractivity contribution in [3.8, 4) is 0 Å². The lowest BCUT2D eigenvalue weighted by molar-refractivity contribution is -0.146. The van der Waals surface area contributed by atoms with Crippen molar-refractivity contribution in [3.63, 3.8) is 0 Å². The quantitative estimate of drug-likeness (QED) is 0.931. The largest absolute Gasteiger partial charge is 0.453 e. The van der Waals surface area contributed by atoms with Crippen LogP contribution in [0.5, 0.6) is 0 Å². The summed E-state index contributed by atoms with van der Waals surface area (Å²) < 4.78 is 38.4. The molecule has 5 nitrogen and oxygen atoms in total. The minimum Gasteiger partial charge on any atom is -0.308 e. The molecule has 9 heteroatoms. The molecule has 0 aliphatic rings. The molecular weight excluding hydrogens is 267 g/mol. The number of rotatable bonds is 4. The monoisotopic (exact) mass is 279 g/mol. The van der Waals surface area contributed by atoms with Crippen molar-refractivity contribution in [1.29, 1.82) is 0 Å². The van der Waals surface area contributed by atoms with Gasteiger partial charge in [0, 0.05) is 12.6 Å². The molecule has 0 saturated carbocycles. The molecule has 1 atom stereocenters. The van der Waals surface area contributed by atoms with Crippen LogP contribution in [0.25, 0.3) is 4.96 Å². The first kappa shape index (κ1) is 13.2. The maximum atomic E-state index is 12.6. The van der Waals surface area contributed by atoms with E-state index in [2.05, 4.69) is 20.6 Å². The first-order valence-electron chi connectivity index (χ1n) is 5.43. The topological polar surface area (TPSA) is 55.1 Å². The molecule has 2 aromatic rings. The average molecular weight is 279 g/mol. The van der Waals surface area contributed by atoms with Crippen LogP contribution in [0.4, 0.5) is 13.2 Å². The summed E-state index contributed by atoms with van der Waals surface area (Å²) in [6, 6.07) is 0.293. The third kappa shape index (κ3) is 2.61. The van der Waals surface area contributed by atoms with Gasteiger partial charge in [0.25, 0.3) is 5.82 Å². The number of nitrogens with zero attached hydrogens (tertiary/aromatic N) is 4. The third-order valence-electron chi connectivity index (χ3n) is 2.50. The molecule has 0 spiro atoms. The van der Waals surface area contributed by atoms with Gasteiger partial charge in [0.1, 0.15) is 5.01 Å². The second-order valence-electron chi connectivity index (χ2n) is 3.90. The van der Waals surface area contributed by atoms with E-state index in [0.29, 0.717) is 17.6 Å². The summed E-state index contributed by atoms with van der Waals surface area (Å²) in [5, 5.41) is 14.2. The van der Waals surface area contributed by atoms with Crippen LogP contribution in [0.3, 0.4) is 0 Å². The van der Waals surface area contributed by atoms with Crippen LogP contribution in [-0.4, -0.2) is 25.9 Å². The van der Waals surface area contributed by atoms with Crippen LogP contribution in [0.2, 0.25) is 0 Å². The minimum absolute atomic E-state index is 0.156. The number of hydrogen-bond acceptors (Lipinski definition) is 5. The summed E-state index contributed by atoms with van der Waals surface area (Å²) in [5.74, 6) is -1.08. The van der Waals surface area contributed by atoms with Crippen molar-refractivity contribution in [2.45, 2.75) is 39.0 Å². The van der Waals surface area contributed by atoms with E-state index in [1.54, 1.807) is 0 Å². The lowest BCUT2D eigenvalue weighted by atomic mass is 10.3. The molecule has 1 unspecified atom stereocenters. The van der Waals surface area contributed by atoms with Gasteiger partial charge in [-0.3, -0.25) is 0 Å². The first-order chi connectivity index (χ1) is 8.41. The van der Waals surface area contributed by atoms with E-state index in [1.807, 2.05) is 13.8 Å². The van der Waals surface area contributed by atoms with Gasteiger partial charge in [0.2, 0.25) is 4.96 Å². The lowest BCUT2D eigenvalue weighted by Gasteiger charge is -2.08. The van der Waals surface area contributed by atoms with Crippen LogP contribution in [0.1, 0.15) is 31.1 Å². The van der Waals surface area contributed by atoms with Crippen LogP contribution in [0.15, 0.2) is 0 Å². The molecule has 0 amide bonds. The van der Waals surface area contributed by atoms with Crippen molar-refractivity contribution in [2.75, 3.05) is 0 Å². The zero-order valence-corrected chi connectivity index (χ0v) is 10.6. The van der Waals surface area contributed by atoms with Crippen LogP contribution in [-0.2, 0) is 12.7 Å². The van der Waals surface area contributed by atoms with Gasteiger partial charge in [-0.2, -0.15) is 22.8 Å². The number of nitrogens with one attached hydrogen (secondary N) is 1. The van der Waals surface area contributed by atoms with Gasteiger partial charge in [0.15, 0.2) is 0 Å². The van der Waals surface area contributed by atoms with Crippen LogP contribution < -0.4 is 5.32 Å². The Kier molecular flexibility index (Phi) is 3.53. The van der Waals surface area contributed by atoms with Gasteiger partial charge in [0.05, 0.1) is 0 Å². The Hall–Kier alpha value is -1.22. The zero-order chi connectivity index (χ0) is 13.3. The second-order valence-corrected chi connectivity index (χ2v) is 4.94. The van der Waals surface area contributed by atoms with Crippen molar-refractivity contribution in [3.05, 3.63) is 10.8 Å². The summed E-state index contributed by atoms with van der Waals surface area (Å²) in [6.07, 6.45) is -3.59. The van der Waals surface area contributed by atoms with Gasteiger partial charge in [-0.15, -0.1) is 10.2 Å². The Morgan fingerprint density at radius 1 is 1.39 bits per heavy atom. The smallest absolute Gasteiger partial charge is 0.308 e. The fourth-order valence-electron chi connectivity index (χ4n) is 1.31. The fraction of sp³-hybridized carbons (Fsp3) is 0.667. The summed E-state index contributed by atoms with van der Waals surface area (Å²) in [6.45, 7) is 4.46. The molecular formula is C9H12F3N5S. The van der Waals surface area contributed by atoms with Gasteiger partial charge in [-0.05, 0) is 13.3 Å². The predicted octanol–water partition coefficient (Wildman–Crippen LogP) is 2.09. The average Bonchev–Trinajstić information content (AvgIpc) is 2.82. The lowest BCUT2D eigenvalue weighted by Crippen LogP contribution is -2.24. The third-order valence-corrected chi connectivity index (χ3v) is 3.40. The highest BCUT2D eigenvalue weighted by molar-refractivity contribution is 7.16. The molecule has 1 N–H and O–H groups in total. The predicted molar refractivity (Wildman–Crippen MR) is 60.3 cm³/mol. The summed E-state index contributed by atoms with van der Waals surface area (Å²) >= 11 is 1.10. The normalized spacial score (nSPS) is 14.3. The van der Waals surface area contributed by atoms with Crippen LogP contribution >= 0.6 is 11.3 Å². The molecule has 18 heavy (non-hydrogen) atoms. The van der Waals surface area contributed by atoms with Gasteiger partial charge in [-0.1, -0.05) is 18.3 Å². The number of halogens is 3. The Morgan fingerprint density at radius 3 is 2.72 bits per heavy atom. The maximum Gasteiger partial charge on any atom is 0.453 e. The van der Waals surface area contributed by atoms with Crippen molar-refractivity contribution < 1.29 is 13.2 Å². The van der Waals surface area contributed by atoms with Gasteiger partial charge >= 0.3 is 6.18 Å². The van der Waals surface area contributed by atoms with Gasteiger partial charge < -0.3 is 5.32 Å². The number of aromatic nitrogens is 4. The molecule has 100 valence electrons. The van der Waals surface area contributed by atoms with Gasteiger partial charge in [-0.25, -0.2) is 0 Å². The number of alkyl halides is 3. The molecule has 0 radical (unpaired) electrons. The Labute approximate surface area is 105 Å². The molecule has 0 bridgehead atoms. The van der Waals surface area contributed by atoms with Crippen molar-refractivity contribution in [1.82, 2.24) is 25.1 Å². The highest BCUT2D eigenvalue weighted by Crippen LogP contribution is 2.28. The molecule has 2 heterocycles. The van der Waals surface area contributed by atoms with Crippen molar-refractivity contribution >= 4 is 16.3 Å². The van der Waals surface area contributed by atoms with E-state index in [4.69, 9.17) is 0 Å². The molecule has 0 saturated heterocycles. The second kappa shape index (κ2) is 4.81. The van der Waals surface area contributed by atoms with E-state index < -0.39 is 12.0 Å². The molecule has 0 fully saturated rings. The zero-order valence-electron chi connectivity index (χ0n) is 9.82. The van der Waals surface area contributed by atoms with Crippen molar-refractivity contribution in [2.24, 2.45) is 0 Å². The molecule has 0 aliphatic carbocycles.